The van der Waals surface area contributed by atoms with E-state index in [2.05, 4.69) is 10.2 Å². The molecule has 0 aromatic heterocycles. The highest BCUT2D eigenvalue weighted by Gasteiger charge is 2.39. The highest BCUT2D eigenvalue weighted by molar-refractivity contribution is 5.83. The Bertz CT molecular complexity index is 341. The normalized spacial score (nSPS) is 35.6. The molecule has 3 fully saturated rings. The summed E-state index contributed by atoms with van der Waals surface area (Å²) in [4.78, 5) is 15.0. The van der Waals surface area contributed by atoms with Crippen LogP contribution in [-0.4, -0.2) is 49.2 Å². The maximum atomic E-state index is 12.8. The molecule has 2 saturated heterocycles. The summed E-state index contributed by atoms with van der Waals surface area (Å²) >= 11 is 0. The van der Waals surface area contributed by atoms with Crippen molar-refractivity contribution in [3.05, 3.63) is 0 Å². The maximum Gasteiger partial charge on any atom is 0.240 e. The SMILES string of the molecule is COC1CNC(C(=O)N2CCCC2C2CCCCC2)C1. The van der Waals surface area contributed by atoms with Gasteiger partial charge in [-0.15, -0.1) is 0 Å². The van der Waals surface area contributed by atoms with Gasteiger partial charge in [0.25, 0.3) is 0 Å². The molecule has 0 aromatic rings. The van der Waals surface area contributed by atoms with Crippen molar-refractivity contribution in [1.29, 1.82) is 0 Å². The van der Waals surface area contributed by atoms with Gasteiger partial charge in [-0.05, 0) is 38.0 Å². The second-order valence-electron chi connectivity index (χ2n) is 6.69. The van der Waals surface area contributed by atoms with Crippen LogP contribution < -0.4 is 5.32 Å². The van der Waals surface area contributed by atoms with Crippen molar-refractivity contribution in [2.45, 2.75) is 69.6 Å². The van der Waals surface area contributed by atoms with E-state index in [0.29, 0.717) is 11.9 Å². The van der Waals surface area contributed by atoms with Gasteiger partial charge in [0, 0.05) is 26.2 Å². The number of methoxy groups -OCH3 is 1. The zero-order valence-electron chi connectivity index (χ0n) is 12.6. The first-order chi connectivity index (χ1) is 9.79. The van der Waals surface area contributed by atoms with Gasteiger partial charge in [-0.1, -0.05) is 19.3 Å². The molecule has 0 radical (unpaired) electrons. The molecule has 2 heterocycles. The van der Waals surface area contributed by atoms with Crippen LogP contribution in [0.5, 0.6) is 0 Å². The lowest BCUT2D eigenvalue weighted by atomic mass is 9.83. The molecule has 20 heavy (non-hydrogen) atoms. The lowest BCUT2D eigenvalue weighted by Crippen LogP contribution is -2.48. The average Bonchev–Trinajstić information content (AvgIpc) is 3.16. The number of likely N-dealkylation sites (tertiary alicyclic amines) is 1. The van der Waals surface area contributed by atoms with E-state index in [-0.39, 0.29) is 12.1 Å². The number of hydrogen-bond donors (Lipinski definition) is 1. The van der Waals surface area contributed by atoms with Crippen molar-refractivity contribution < 1.29 is 9.53 Å². The molecule has 4 heteroatoms. The minimum atomic E-state index is -0.0101. The lowest BCUT2D eigenvalue weighted by molar-refractivity contribution is -0.135. The van der Waals surface area contributed by atoms with Crippen LogP contribution in [0.2, 0.25) is 0 Å². The number of rotatable bonds is 3. The van der Waals surface area contributed by atoms with E-state index < -0.39 is 0 Å². The van der Waals surface area contributed by atoms with Gasteiger partial charge >= 0.3 is 0 Å². The van der Waals surface area contributed by atoms with Gasteiger partial charge in [-0.25, -0.2) is 0 Å². The summed E-state index contributed by atoms with van der Waals surface area (Å²) in [6.45, 7) is 1.78. The quantitative estimate of drug-likeness (QED) is 0.859. The molecule has 3 atom stereocenters. The second-order valence-corrected chi connectivity index (χ2v) is 6.69. The van der Waals surface area contributed by atoms with Crippen molar-refractivity contribution in [2.75, 3.05) is 20.2 Å². The van der Waals surface area contributed by atoms with Crippen molar-refractivity contribution in [1.82, 2.24) is 10.2 Å². The van der Waals surface area contributed by atoms with Crippen LogP contribution in [0, 0.1) is 5.92 Å². The van der Waals surface area contributed by atoms with Crippen molar-refractivity contribution in [3.8, 4) is 0 Å². The van der Waals surface area contributed by atoms with Gasteiger partial charge in [0.05, 0.1) is 12.1 Å². The summed E-state index contributed by atoms with van der Waals surface area (Å²) in [6, 6.07) is 0.510. The van der Waals surface area contributed by atoms with E-state index in [1.54, 1.807) is 7.11 Å². The molecule has 3 aliphatic rings. The van der Waals surface area contributed by atoms with Gasteiger partial charge in [-0.3, -0.25) is 4.79 Å². The van der Waals surface area contributed by atoms with Gasteiger partial charge in [0.1, 0.15) is 0 Å². The van der Waals surface area contributed by atoms with Crippen molar-refractivity contribution >= 4 is 5.91 Å². The fourth-order valence-electron chi connectivity index (χ4n) is 4.35. The Kier molecular flexibility index (Phi) is 4.61. The van der Waals surface area contributed by atoms with Gasteiger partial charge in [0.2, 0.25) is 5.91 Å². The van der Waals surface area contributed by atoms with E-state index in [1.807, 2.05) is 0 Å². The van der Waals surface area contributed by atoms with E-state index in [4.69, 9.17) is 4.74 Å². The Balaban J connectivity index is 1.61. The van der Waals surface area contributed by atoms with Crippen LogP contribution in [0.3, 0.4) is 0 Å². The summed E-state index contributed by atoms with van der Waals surface area (Å²) in [7, 11) is 1.74. The topological polar surface area (TPSA) is 41.6 Å². The zero-order valence-corrected chi connectivity index (χ0v) is 12.6. The second kappa shape index (κ2) is 6.44. The predicted molar refractivity (Wildman–Crippen MR) is 78.5 cm³/mol. The van der Waals surface area contributed by atoms with Gasteiger partial charge < -0.3 is 15.0 Å². The Morgan fingerprint density at radius 2 is 1.95 bits per heavy atom. The van der Waals surface area contributed by atoms with Crippen LogP contribution in [0.25, 0.3) is 0 Å². The highest BCUT2D eigenvalue weighted by atomic mass is 16.5. The molecule has 1 aliphatic carbocycles. The third-order valence-corrected chi connectivity index (χ3v) is 5.50. The fraction of sp³-hybridized carbons (Fsp3) is 0.938. The highest BCUT2D eigenvalue weighted by Crippen LogP contribution is 2.34. The van der Waals surface area contributed by atoms with E-state index in [0.717, 1.165) is 25.4 Å². The average molecular weight is 280 g/mol. The Morgan fingerprint density at radius 3 is 2.65 bits per heavy atom. The van der Waals surface area contributed by atoms with Crippen LogP contribution in [-0.2, 0) is 9.53 Å². The predicted octanol–water partition coefficient (Wildman–Crippen LogP) is 1.93. The lowest BCUT2D eigenvalue weighted by Gasteiger charge is -2.35. The third-order valence-electron chi connectivity index (χ3n) is 5.50. The molecule has 1 amide bonds. The summed E-state index contributed by atoms with van der Waals surface area (Å²) in [5.74, 6) is 1.09. The maximum absolute atomic E-state index is 12.8. The number of amides is 1. The van der Waals surface area contributed by atoms with E-state index in [9.17, 15) is 4.79 Å². The summed E-state index contributed by atoms with van der Waals surface area (Å²) in [5.41, 5.74) is 0. The van der Waals surface area contributed by atoms with Gasteiger partial charge in [-0.2, -0.15) is 0 Å². The third kappa shape index (κ3) is 2.86. The van der Waals surface area contributed by atoms with Crippen LogP contribution in [0.4, 0.5) is 0 Å². The monoisotopic (exact) mass is 280 g/mol. The molecule has 1 saturated carbocycles. The number of ether oxygens (including phenoxy) is 1. The smallest absolute Gasteiger partial charge is 0.240 e. The minimum Gasteiger partial charge on any atom is -0.380 e. The molecule has 0 spiro atoms. The number of carbonyl (C=O) groups excluding carboxylic acids is 1. The molecule has 0 bridgehead atoms. The van der Waals surface area contributed by atoms with Crippen LogP contribution in [0.1, 0.15) is 51.4 Å². The van der Waals surface area contributed by atoms with Crippen molar-refractivity contribution in [2.24, 2.45) is 5.92 Å². The van der Waals surface area contributed by atoms with Crippen LogP contribution in [0.15, 0.2) is 0 Å². The molecule has 4 nitrogen and oxygen atoms in total. The number of nitrogens with one attached hydrogen (secondary N) is 1. The molecular formula is C16H28N2O2. The summed E-state index contributed by atoms with van der Waals surface area (Å²) in [5, 5.41) is 3.34. The molecule has 114 valence electrons. The number of carbonyl (C=O) groups is 1. The molecular weight excluding hydrogens is 252 g/mol. The van der Waals surface area contributed by atoms with E-state index in [1.165, 1.54) is 44.9 Å². The van der Waals surface area contributed by atoms with Crippen LogP contribution >= 0.6 is 0 Å². The first kappa shape index (κ1) is 14.3. The number of nitrogens with zero attached hydrogens (tertiary/aromatic N) is 1. The Morgan fingerprint density at radius 1 is 1.15 bits per heavy atom. The molecule has 0 aromatic carbocycles. The van der Waals surface area contributed by atoms with Crippen molar-refractivity contribution in [3.63, 3.8) is 0 Å². The Labute approximate surface area is 122 Å². The first-order valence-electron chi connectivity index (χ1n) is 8.36. The Hall–Kier alpha value is -0.610. The largest absolute Gasteiger partial charge is 0.380 e. The molecule has 2 aliphatic heterocycles. The minimum absolute atomic E-state index is 0.0101. The standard InChI is InChI=1S/C16H28N2O2/c1-20-13-10-14(17-11-13)16(19)18-9-5-8-15(18)12-6-3-2-4-7-12/h12-15,17H,2-11H2,1H3. The molecule has 3 unspecified atom stereocenters. The summed E-state index contributed by atoms with van der Waals surface area (Å²) < 4.78 is 5.36. The summed E-state index contributed by atoms with van der Waals surface area (Å²) in [6.07, 6.45) is 10.2. The van der Waals surface area contributed by atoms with E-state index >= 15 is 0 Å². The molecule has 3 rings (SSSR count). The zero-order chi connectivity index (χ0) is 13.9. The molecule has 1 N–H and O–H groups in total. The number of hydrogen-bond acceptors (Lipinski definition) is 3. The fourth-order valence-corrected chi connectivity index (χ4v) is 4.35. The van der Waals surface area contributed by atoms with Gasteiger partial charge in [0.15, 0.2) is 0 Å². The first-order valence-corrected chi connectivity index (χ1v) is 8.36.